The average Bonchev–Trinajstić information content (AvgIpc) is 3.27. The molecular weight excluding hydrogens is 390 g/mol. The van der Waals surface area contributed by atoms with Crippen molar-refractivity contribution in [2.45, 2.75) is 56.8 Å². The van der Waals surface area contributed by atoms with Crippen molar-refractivity contribution in [1.82, 2.24) is 0 Å². The van der Waals surface area contributed by atoms with Crippen LogP contribution in [0.2, 0.25) is 0 Å². The highest BCUT2D eigenvalue weighted by atomic mass is 16.8. The van der Waals surface area contributed by atoms with Gasteiger partial charge < -0.3 is 28.8 Å². The van der Waals surface area contributed by atoms with Gasteiger partial charge in [-0.2, -0.15) is 0 Å². The van der Waals surface area contributed by atoms with Gasteiger partial charge >= 0.3 is 6.09 Å². The molecule has 0 radical (unpaired) electrons. The monoisotopic (exact) mass is 417 g/mol. The third-order valence-electron chi connectivity index (χ3n) is 5.40. The van der Waals surface area contributed by atoms with Gasteiger partial charge in [-0.3, -0.25) is 4.90 Å². The van der Waals surface area contributed by atoms with E-state index in [-0.39, 0.29) is 19.8 Å². The molecule has 3 heterocycles. The molecule has 1 saturated heterocycles. The van der Waals surface area contributed by atoms with Crippen LogP contribution in [-0.2, 0) is 14.2 Å². The average molecular weight is 417 g/mol. The van der Waals surface area contributed by atoms with Crippen LogP contribution in [0.1, 0.15) is 38.4 Å². The van der Waals surface area contributed by atoms with Crippen LogP contribution in [0, 0.1) is 0 Å². The fraction of sp³-hybridized carbons (Fsp3) is 0.500. The molecule has 1 aromatic carbocycles. The van der Waals surface area contributed by atoms with Gasteiger partial charge in [0.25, 0.3) is 0 Å². The molecule has 0 saturated carbocycles. The zero-order valence-corrected chi connectivity index (χ0v) is 17.2. The highest BCUT2D eigenvalue weighted by Gasteiger charge is 2.54. The summed E-state index contributed by atoms with van der Waals surface area (Å²) in [5, 5.41) is 10.5. The van der Waals surface area contributed by atoms with Crippen LogP contribution in [0.3, 0.4) is 0 Å². The molecule has 0 aliphatic carbocycles. The van der Waals surface area contributed by atoms with Gasteiger partial charge in [-0.1, -0.05) is 18.7 Å². The Morgan fingerprint density at radius 1 is 1.30 bits per heavy atom. The number of aliphatic hydroxyl groups is 1. The molecule has 4 atom stereocenters. The first-order chi connectivity index (χ1) is 14.3. The number of benzene rings is 1. The zero-order chi connectivity index (χ0) is 21.5. The number of hydrogen-bond donors (Lipinski definition) is 1. The van der Waals surface area contributed by atoms with Gasteiger partial charge in [0, 0.05) is 11.6 Å². The largest absolute Gasteiger partial charge is 0.454 e. The molecule has 3 aliphatic heterocycles. The van der Waals surface area contributed by atoms with E-state index in [9.17, 15) is 9.90 Å². The van der Waals surface area contributed by atoms with Gasteiger partial charge in [0.05, 0.1) is 17.8 Å². The van der Waals surface area contributed by atoms with Gasteiger partial charge in [0.2, 0.25) is 6.79 Å². The van der Waals surface area contributed by atoms with E-state index in [4.69, 9.17) is 23.7 Å². The first kappa shape index (κ1) is 20.7. The smallest absolute Gasteiger partial charge is 0.414 e. The third-order valence-corrected chi connectivity index (χ3v) is 5.40. The molecular formula is C22H27NO7. The summed E-state index contributed by atoms with van der Waals surface area (Å²) in [6, 6.07) is 3.06. The van der Waals surface area contributed by atoms with E-state index in [0.29, 0.717) is 23.6 Å². The van der Waals surface area contributed by atoms with Gasteiger partial charge in [0.15, 0.2) is 17.3 Å². The zero-order valence-electron chi connectivity index (χ0n) is 17.2. The SMILES string of the molecule is C=CCOC(=O)N1c2cc3c(cc2[C@@H]2OC(C)(C)O[C@H]2[C@@H]1C[C@@H](O)CC=C)OCO3. The van der Waals surface area contributed by atoms with Crippen LogP contribution in [0.15, 0.2) is 37.4 Å². The summed E-state index contributed by atoms with van der Waals surface area (Å²) >= 11 is 0. The maximum absolute atomic E-state index is 13.1. The van der Waals surface area contributed by atoms with Crippen LogP contribution in [0.4, 0.5) is 10.5 Å². The minimum Gasteiger partial charge on any atom is -0.454 e. The van der Waals surface area contributed by atoms with Gasteiger partial charge in [-0.25, -0.2) is 4.79 Å². The molecule has 4 rings (SSSR count). The molecule has 30 heavy (non-hydrogen) atoms. The Hall–Kier alpha value is -2.55. The number of nitrogens with zero attached hydrogens (tertiary/aromatic N) is 1. The number of carbonyl (C=O) groups is 1. The third kappa shape index (κ3) is 3.66. The van der Waals surface area contributed by atoms with Crippen molar-refractivity contribution in [2.24, 2.45) is 0 Å². The minimum atomic E-state index is -0.856. The molecule has 1 amide bonds. The van der Waals surface area contributed by atoms with Crippen LogP contribution in [0.25, 0.3) is 0 Å². The first-order valence-electron chi connectivity index (χ1n) is 9.99. The quantitative estimate of drug-likeness (QED) is 0.710. The van der Waals surface area contributed by atoms with Crippen LogP contribution >= 0.6 is 0 Å². The molecule has 8 heteroatoms. The number of rotatable bonds is 6. The maximum Gasteiger partial charge on any atom is 0.414 e. The Kier molecular flexibility index (Phi) is 5.48. The molecule has 0 spiro atoms. The molecule has 3 aliphatic rings. The molecule has 1 aromatic rings. The van der Waals surface area contributed by atoms with E-state index < -0.39 is 36.2 Å². The van der Waals surface area contributed by atoms with Gasteiger partial charge in [0.1, 0.15) is 18.8 Å². The number of fused-ring (bicyclic) bond motifs is 4. The molecule has 1 fully saturated rings. The van der Waals surface area contributed by atoms with E-state index in [2.05, 4.69) is 13.2 Å². The molecule has 0 aromatic heterocycles. The number of hydrogen-bond acceptors (Lipinski definition) is 7. The minimum absolute atomic E-state index is 0.0636. The van der Waals surface area contributed by atoms with Gasteiger partial charge in [-0.15, -0.1) is 6.58 Å². The second-order valence-corrected chi connectivity index (χ2v) is 8.00. The number of amides is 1. The van der Waals surface area contributed by atoms with E-state index >= 15 is 0 Å². The summed E-state index contributed by atoms with van der Waals surface area (Å²) in [6.45, 7) is 11.1. The van der Waals surface area contributed by atoms with E-state index in [1.54, 1.807) is 12.1 Å². The second kappa shape index (κ2) is 7.94. The number of anilines is 1. The maximum atomic E-state index is 13.1. The van der Waals surface area contributed by atoms with Crippen LogP contribution in [0.5, 0.6) is 11.5 Å². The van der Waals surface area contributed by atoms with E-state index in [0.717, 1.165) is 5.56 Å². The fourth-order valence-electron chi connectivity index (χ4n) is 4.26. The molecule has 0 bridgehead atoms. The predicted octanol–water partition coefficient (Wildman–Crippen LogP) is 3.45. The summed E-state index contributed by atoms with van der Waals surface area (Å²) in [5.74, 6) is 0.272. The van der Waals surface area contributed by atoms with Crippen molar-refractivity contribution < 1.29 is 33.6 Å². The van der Waals surface area contributed by atoms with Crippen LogP contribution < -0.4 is 14.4 Å². The van der Waals surface area contributed by atoms with Gasteiger partial charge in [-0.05, 0) is 32.8 Å². The lowest BCUT2D eigenvalue weighted by Gasteiger charge is -2.42. The summed E-state index contributed by atoms with van der Waals surface area (Å²) in [4.78, 5) is 14.6. The Balaban J connectivity index is 1.81. The highest BCUT2D eigenvalue weighted by Crippen LogP contribution is 2.52. The molecule has 162 valence electrons. The normalized spacial score (nSPS) is 26.5. The summed E-state index contributed by atoms with van der Waals surface area (Å²) in [7, 11) is 0. The summed E-state index contributed by atoms with van der Waals surface area (Å²) in [6.07, 6.45) is 1.62. The lowest BCUT2D eigenvalue weighted by Crippen LogP contribution is -2.54. The molecule has 8 nitrogen and oxygen atoms in total. The van der Waals surface area contributed by atoms with Crippen LogP contribution in [-0.4, -0.2) is 48.6 Å². The van der Waals surface area contributed by atoms with Crippen molar-refractivity contribution >= 4 is 11.8 Å². The summed E-state index contributed by atoms with van der Waals surface area (Å²) in [5.41, 5.74) is 1.34. The standard InChI is InChI=1S/C22H27NO7/c1-5-7-13(24)9-16-20-19(29-22(3,4)30-20)14-10-17-18(28-12-27-17)11-15(14)23(16)21(25)26-8-6-2/h5-6,10-11,13,16,19-20,24H,1-2,7-9,12H2,3-4H3/t13-,16-,19-,20-/m0/s1. The first-order valence-corrected chi connectivity index (χ1v) is 9.99. The van der Waals surface area contributed by atoms with Crippen molar-refractivity contribution in [2.75, 3.05) is 18.3 Å². The Bertz CT molecular complexity index is 852. The summed E-state index contributed by atoms with van der Waals surface area (Å²) < 4.78 is 28.8. The Morgan fingerprint density at radius 3 is 2.73 bits per heavy atom. The van der Waals surface area contributed by atoms with E-state index in [1.807, 2.05) is 19.9 Å². The topological polar surface area (TPSA) is 86.7 Å². The molecule has 0 unspecified atom stereocenters. The lowest BCUT2D eigenvalue weighted by molar-refractivity contribution is -0.148. The van der Waals surface area contributed by atoms with Crippen molar-refractivity contribution in [3.05, 3.63) is 43.0 Å². The predicted molar refractivity (Wildman–Crippen MR) is 109 cm³/mol. The van der Waals surface area contributed by atoms with Crippen molar-refractivity contribution in [3.63, 3.8) is 0 Å². The lowest BCUT2D eigenvalue weighted by atomic mass is 9.87. The Morgan fingerprint density at radius 2 is 2.03 bits per heavy atom. The highest BCUT2D eigenvalue weighted by molar-refractivity contribution is 5.91. The van der Waals surface area contributed by atoms with Crippen molar-refractivity contribution in [3.8, 4) is 11.5 Å². The Labute approximate surface area is 175 Å². The fourth-order valence-corrected chi connectivity index (χ4v) is 4.26. The second-order valence-electron chi connectivity index (χ2n) is 8.00. The number of aliphatic hydroxyl groups excluding tert-OH is 1. The number of ether oxygens (including phenoxy) is 5. The van der Waals surface area contributed by atoms with E-state index in [1.165, 1.54) is 11.0 Å². The molecule has 1 N–H and O–H groups in total. The van der Waals surface area contributed by atoms with Crippen molar-refractivity contribution in [1.29, 1.82) is 0 Å². The number of carbonyl (C=O) groups excluding carboxylic acids is 1.